The number of nitrogens with two attached hydrogens (primary N) is 1. The van der Waals surface area contributed by atoms with Crippen LogP contribution in [0.4, 0.5) is 0 Å². The van der Waals surface area contributed by atoms with E-state index >= 15 is 0 Å². The molecule has 1 unspecified atom stereocenters. The fourth-order valence-electron chi connectivity index (χ4n) is 0.536. The average Bonchev–Trinajstić information content (AvgIpc) is 1.77. The number of hydrogen-bond acceptors (Lipinski definition) is 3. The largest absolute Gasteiger partial charge is 0.353 e. The molecule has 1 aliphatic rings. The van der Waals surface area contributed by atoms with E-state index in [4.69, 9.17) is 5.73 Å². The highest BCUT2D eigenvalue weighted by atomic mass is 32.2. The van der Waals surface area contributed by atoms with Gasteiger partial charge in [-0.3, -0.25) is 4.79 Å². The van der Waals surface area contributed by atoms with Gasteiger partial charge in [0.15, 0.2) is 0 Å². The highest BCUT2D eigenvalue weighted by Gasteiger charge is 2.16. The summed E-state index contributed by atoms with van der Waals surface area (Å²) in [6.07, 6.45) is 0. The summed E-state index contributed by atoms with van der Waals surface area (Å²) in [4.78, 5) is 10.5. The Bertz CT molecular complexity index is 106. The molecule has 1 amide bonds. The first kappa shape index (κ1) is 5.91. The van der Waals surface area contributed by atoms with Gasteiger partial charge >= 0.3 is 0 Å². The molecule has 1 heterocycles. The Balaban J connectivity index is 2.39. The van der Waals surface area contributed by atoms with Crippen molar-refractivity contribution in [2.45, 2.75) is 5.37 Å². The Hall–Kier alpha value is -0.220. The standard InChI is InChI=1S/C4H8N2OS/c5-3-4(7)6-1-2-8-3/h3H,1-2,5H2,(H,6,7). The minimum absolute atomic E-state index is 0.0405. The molecule has 0 aromatic heterocycles. The number of carbonyl (C=O) groups is 1. The molecular formula is C4H8N2OS. The maximum absolute atomic E-state index is 10.5. The van der Waals surface area contributed by atoms with Crippen molar-refractivity contribution in [3.63, 3.8) is 0 Å². The highest BCUT2D eigenvalue weighted by molar-refractivity contribution is 8.00. The van der Waals surface area contributed by atoms with E-state index in [9.17, 15) is 4.79 Å². The monoisotopic (exact) mass is 132 g/mol. The SMILES string of the molecule is NC1SCCNC1=O. The summed E-state index contributed by atoms with van der Waals surface area (Å²) in [6, 6.07) is 0. The van der Waals surface area contributed by atoms with Crippen LogP contribution in [0, 0.1) is 0 Å². The summed E-state index contributed by atoms with van der Waals surface area (Å²) < 4.78 is 0. The molecule has 0 saturated carbocycles. The van der Waals surface area contributed by atoms with E-state index in [0.717, 1.165) is 12.3 Å². The van der Waals surface area contributed by atoms with Gasteiger partial charge in [0, 0.05) is 12.3 Å². The molecule has 0 spiro atoms. The zero-order valence-corrected chi connectivity index (χ0v) is 5.20. The van der Waals surface area contributed by atoms with Gasteiger partial charge in [-0.25, -0.2) is 0 Å². The van der Waals surface area contributed by atoms with Crippen LogP contribution in [-0.4, -0.2) is 23.6 Å². The fraction of sp³-hybridized carbons (Fsp3) is 0.750. The van der Waals surface area contributed by atoms with E-state index in [1.807, 2.05) is 0 Å². The zero-order valence-electron chi connectivity index (χ0n) is 4.39. The van der Waals surface area contributed by atoms with E-state index in [1.54, 1.807) is 0 Å². The Kier molecular flexibility index (Phi) is 1.75. The van der Waals surface area contributed by atoms with Crippen molar-refractivity contribution in [2.24, 2.45) is 5.73 Å². The van der Waals surface area contributed by atoms with E-state index < -0.39 is 0 Å². The number of nitrogens with one attached hydrogen (secondary N) is 1. The van der Waals surface area contributed by atoms with Crippen molar-refractivity contribution in [1.82, 2.24) is 5.32 Å². The lowest BCUT2D eigenvalue weighted by molar-refractivity contribution is -0.120. The third kappa shape index (κ3) is 1.14. The molecule has 0 radical (unpaired) electrons. The molecule has 1 fully saturated rings. The van der Waals surface area contributed by atoms with E-state index in [-0.39, 0.29) is 11.3 Å². The molecule has 0 aliphatic carbocycles. The Morgan fingerprint density at radius 3 is 3.00 bits per heavy atom. The van der Waals surface area contributed by atoms with Crippen molar-refractivity contribution in [3.8, 4) is 0 Å². The predicted octanol–water partition coefficient (Wildman–Crippen LogP) is -0.866. The molecule has 1 rings (SSSR count). The lowest BCUT2D eigenvalue weighted by atomic mass is 10.5. The van der Waals surface area contributed by atoms with Crippen molar-refractivity contribution in [2.75, 3.05) is 12.3 Å². The third-order valence-electron chi connectivity index (χ3n) is 0.957. The minimum Gasteiger partial charge on any atom is -0.353 e. The van der Waals surface area contributed by atoms with E-state index in [1.165, 1.54) is 11.8 Å². The van der Waals surface area contributed by atoms with Crippen molar-refractivity contribution < 1.29 is 4.79 Å². The topological polar surface area (TPSA) is 55.1 Å². The Morgan fingerprint density at radius 2 is 2.62 bits per heavy atom. The lowest BCUT2D eigenvalue weighted by Gasteiger charge is -2.16. The number of hydrogen-bond donors (Lipinski definition) is 2. The molecule has 0 aromatic carbocycles. The molecule has 0 bridgehead atoms. The van der Waals surface area contributed by atoms with Crippen LogP contribution in [0.25, 0.3) is 0 Å². The summed E-state index contributed by atoms with van der Waals surface area (Å²) in [5.41, 5.74) is 5.33. The summed E-state index contributed by atoms with van der Waals surface area (Å²) in [5.74, 6) is 0.897. The molecular weight excluding hydrogens is 124 g/mol. The normalized spacial score (nSPS) is 29.6. The quantitative estimate of drug-likeness (QED) is 0.450. The smallest absolute Gasteiger partial charge is 0.247 e. The Labute approximate surface area is 52.0 Å². The number of amides is 1. The van der Waals surface area contributed by atoms with Crippen molar-refractivity contribution >= 4 is 17.7 Å². The average molecular weight is 132 g/mol. The maximum Gasteiger partial charge on any atom is 0.247 e. The summed E-state index contributed by atoms with van der Waals surface area (Å²) in [6.45, 7) is 0.761. The molecule has 1 aliphatic heterocycles. The van der Waals surface area contributed by atoms with Crippen LogP contribution in [0.5, 0.6) is 0 Å². The second kappa shape index (κ2) is 2.37. The number of thioether (sulfide) groups is 1. The van der Waals surface area contributed by atoms with Gasteiger partial charge in [-0.05, 0) is 0 Å². The number of rotatable bonds is 0. The molecule has 0 aromatic rings. The summed E-state index contributed by atoms with van der Waals surface area (Å²) in [5, 5.41) is 2.32. The van der Waals surface area contributed by atoms with Gasteiger partial charge in [0.05, 0.1) is 0 Å². The van der Waals surface area contributed by atoms with Gasteiger partial charge in [-0.2, -0.15) is 0 Å². The summed E-state index contributed by atoms with van der Waals surface area (Å²) in [7, 11) is 0. The molecule has 1 atom stereocenters. The van der Waals surface area contributed by atoms with Gasteiger partial charge in [0.1, 0.15) is 5.37 Å². The van der Waals surface area contributed by atoms with Crippen LogP contribution >= 0.6 is 11.8 Å². The minimum atomic E-state index is -0.330. The van der Waals surface area contributed by atoms with E-state index in [2.05, 4.69) is 5.32 Å². The van der Waals surface area contributed by atoms with Gasteiger partial charge < -0.3 is 11.1 Å². The third-order valence-corrected chi connectivity index (χ3v) is 1.97. The highest BCUT2D eigenvalue weighted by Crippen LogP contribution is 2.07. The van der Waals surface area contributed by atoms with Gasteiger partial charge in [-0.15, -0.1) is 11.8 Å². The molecule has 4 heteroatoms. The fourth-order valence-corrected chi connectivity index (χ4v) is 1.24. The second-order valence-electron chi connectivity index (χ2n) is 1.58. The molecule has 3 nitrogen and oxygen atoms in total. The van der Waals surface area contributed by atoms with Crippen LogP contribution in [0.15, 0.2) is 0 Å². The zero-order chi connectivity index (χ0) is 5.98. The van der Waals surface area contributed by atoms with Gasteiger partial charge in [0.25, 0.3) is 0 Å². The summed E-state index contributed by atoms with van der Waals surface area (Å²) >= 11 is 1.49. The predicted molar refractivity (Wildman–Crippen MR) is 33.4 cm³/mol. The second-order valence-corrected chi connectivity index (χ2v) is 2.83. The first-order valence-corrected chi connectivity index (χ1v) is 3.50. The van der Waals surface area contributed by atoms with Crippen LogP contribution < -0.4 is 11.1 Å². The van der Waals surface area contributed by atoms with Crippen LogP contribution in [-0.2, 0) is 4.79 Å². The number of carbonyl (C=O) groups excluding carboxylic acids is 1. The maximum atomic E-state index is 10.5. The first-order valence-electron chi connectivity index (χ1n) is 2.45. The van der Waals surface area contributed by atoms with E-state index in [0.29, 0.717) is 0 Å². The molecule has 8 heavy (non-hydrogen) atoms. The van der Waals surface area contributed by atoms with Crippen molar-refractivity contribution in [1.29, 1.82) is 0 Å². The lowest BCUT2D eigenvalue weighted by Crippen LogP contribution is -2.43. The molecule has 1 saturated heterocycles. The Morgan fingerprint density at radius 1 is 1.88 bits per heavy atom. The molecule has 46 valence electrons. The van der Waals surface area contributed by atoms with Gasteiger partial charge in [0.2, 0.25) is 5.91 Å². The van der Waals surface area contributed by atoms with Crippen LogP contribution in [0.3, 0.4) is 0 Å². The molecule has 3 N–H and O–H groups in total. The van der Waals surface area contributed by atoms with Crippen LogP contribution in [0.1, 0.15) is 0 Å². The van der Waals surface area contributed by atoms with Gasteiger partial charge in [-0.1, -0.05) is 0 Å². The van der Waals surface area contributed by atoms with Crippen LogP contribution in [0.2, 0.25) is 0 Å². The van der Waals surface area contributed by atoms with Crippen molar-refractivity contribution in [3.05, 3.63) is 0 Å². The first-order chi connectivity index (χ1) is 3.80.